The molecule has 0 fully saturated rings. The monoisotopic (exact) mass is 246 g/mol. The van der Waals surface area contributed by atoms with E-state index in [1.54, 1.807) is 0 Å². The van der Waals surface area contributed by atoms with Crippen LogP contribution in [0.5, 0.6) is 5.06 Å². The van der Waals surface area contributed by atoms with Gasteiger partial charge in [0.15, 0.2) is 5.06 Å². The molecule has 1 aromatic carbocycles. The highest BCUT2D eigenvalue weighted by molar-refractivity contribution is 7.21. The molecule has 1 aromatic heterocycles. The van der Waals surface area contributed by atoms with E-state index >= 15 is 0 Å². The number of hydrogen-bond acceptors (Lipinski definition) is 2. The second kappa shape index (κ2) is 3.66. The fraction of sp³-hybridized carbons (Fsp3) is 0.273. The number of fused-ring (bicyclic) bond motifs is 1. The number of hydrogen-bond donors (Lipinski definition) is 0. The van der Waals surface area contributed by atoms with Gasteiger partial charge in [-0.1, -0.05) is 17.4 Å². The maximum atomic E-state index is 12.5. The number of ether oxygens (including phenoxy) is 1. The summed E-state index contributed by atoms with van der Waals surface area (Å²) in [6.45, 7) is 1.84. The topological polar surface area (TPSA) is 9.23 Å². The Morgan fingerprint density at radius 3 is 2.50 bits per heavy atom. The lowest BCUT2D eigenvalue weighted by molar-refractivity contribution is -0.137. The normalized spacial score (nSPS) is 12.1. The van der Waals surface area contributed by atoms with E-state index in [0.29, 0.717) is 9.76 Å². The van der Waals surface area contributed by atoms with Crippen LogP contribution in [-0.4, -0.2) is 7.11 Å². The molecule has 0 N–H and O–H groups in total. The molecule has 86 valence electrons. The predicted molar refractivity (Wildman–Crippen MR) is 58.1 cm³/mol. The Morgan fingerprint density at radius 1 is 1.25 bits per heavy atom. The quantitative estimate of drug-likeness (QED) is 0.731. The van der Waals surface area contributed by atoms with Gasteiger partial charge in [-0.2, -0.15) is 13.2 Å². The predicted octanol–water partition coefficient (Wildman–Crippen LogP) is 4.24. The number of rotatable bonds is 1. The van der Waals surface area contributed by atoms with E-state index in [-0.39, 0.29) is 0 Å². The van der Waals surface area contributed by atoms with Gasteiger partial charge in [-0.25, -0.2) is 0 Å². The number of thiophene rings is 1. The first-order chi connectivity index (χ1) is 7.43. The molecule has 0 spiro atoms. The minimum Gasteiger partial charge on any atom is -0.487 e. The van der Waals surface area contributed by atoms with Crippen molar-refractivity contribution in [3.8, 4) is 5.06 Å². The van der Waals surface area contributed by atoms with Gasteiger partial charge in [0.05, 0.1) is 12.7 Å². The Labute approximate surface area is 94.5 Å². The Balaban J connectivity index is 2.64. The first-order valence-electron chi connectivity index (χ1n) is 4.58. The summed E-state index contributed by atoms with van der Waals surface area (Å²) in [5.41, 5.74) is 0.264. The van der Waals surface area contributed by atoms with E-state index in [0.717, 1.165) is 23.1 Å². The molecule has 0 aliphatic rings. The van der Waals surface area contributed by atoms with E-state index in [1.807, 2.05) is 6.92 Å². The van der Waals surface area contributed by atoms with Crippen LogP contribution in [0.3, 0.4) is 0 Å². The smallest absolute Gasteiger partial charge is 0.416 e. The molecule has 0 amide bonds. The molecule has 1 heterocycles. The van der Waals surface area contributed by atoms with Crippen molar-refractivity contribution in [2.75, 3.05) is 7.11 Å². The van der Waals surface area contributed by atoms with Crippen LogP contribution in [0, 0.1) is 6.92 Å². The van der Waals surface area contributed by atoms with E-state index < -0.39 is 11.7 Å². The number of benzene rings is 1. The van der Waals surface area contributed by atoms with Crippen LogP contribution < -0.4 is 4.74 Å². The zero-order valence-corrected chi connectivity index (χ0v) is 9.50. The van der Waals surface area contributed by atoms with Crippen molar-refractivity contribution in [3.05, 3.63) is 29.3 Å². The van der Waals surface area contributed by atoms with Gasteiger partial charge in [-0.15, -0.1) is 0 Å². The van der Waals surface area contributed by atoms with Crippen molar-refractivity contribution >= 4 is 21.4 Å². The van der Waals surface area contributed by atoms with E-state index in [9.17, 15) is 13.2 Å². The molecule has 0 bridgehead atoms. The molecule has 0 radical (unpaired) electrons. The highest BCUT2D eigenvalue weighted by Crippen LogP contribution is 2.39. The fourth-order valence-electron chi connectivity index (χ4n) is 1.57. The second-order valence-electron chi connectivity index (χ2n) is 3.43. The van der Waals surface area contributed by atoms with Gasteiger partial charge >= 0.3 is 6.18 Å². The van der Waals surface area contributed by atoms with Gasteiger partial charge in [0.1, 0.15) is 0 Å². The first kappa shape index (κ1) is 11.3. The minimum atomic E-state index is -4.29. The van der Waals surface area contributed by atoms with Gasteiger partial charge in [-0.05, 0) is 24.4 Å². The molecule has 0 saturated carbocycles. The van der Waals surface area contributed by atoms with Crippen LogP contribution in [-0.2, 0) is 6.18 Å². The van der Waals surface area contributed by atoms with Crippen molar-refractivity contribution in [2.24, 2.45) is 0 Å². The summed E-state index contributed by atoms with van der Waals surface area (Å²) in [5, 5.41) is 1.48. The zero-order chi connectivity index (χ0) is 11.9. The average molecular weight is 246 g/mol. The third kappa shape index (κ3) is 1.75. The molecule has 0 saturated heterocycles. The largest absolute Gasteiger partial charge is 0.487 e. The third-order valence-corrected chi connectivity index (χ3v) is 3.62. The summed E-state index contributed by atoms with van der Waals surface area (Å²) in [6.07, 6.45) is -4.29. The number of aryl methyl sites for hydroxylation is 1. The molecule has 5 heteroatoms. The Hall–Kier alpha value is -1.23. The third-order valence-electron chi connectivity index (χ3n) is 2.41. The molecule has 0 aliphatic heterocycles. The Bertz CT molecular complexity index is 528. The zero-order valence-electron chi connectivity index (χ0n) is 8.68. The van der Waals surface area contributed by atoms with Crippen LogP contribution in [0.2, 0.25) is 0 Å². The summed E-state index contributed by atoms with van der Waals surface area (Å²) in [4.78, 5) is 0. The highest BCUT2D eigenvalue weighted by Gasteiger charge is 2.30. The molecular weight excluding hydrogens is 237 g/mol. The maximum absolute atomic E-state index is 12.5. The number of alkyl halides is 3. The van der Waals surface area contributed by atoms with Gasteiger partial charge in [-0.3, -0.25) is 0 Å². The van der Waals surface area contributed by atoms with Crippen molar-refractivity contribution < 1.29 is 17.9 Å². The molecule has 0 unspecified atom stereocenters. The van der Waals surface area contributed by atoms with Crippen LogP contribution in [0.25, 0.3) is 10.1 Å². The van der Waals surface area contributed by atoms with Crippen LogP contribution in [0.15, 0.2) is 18.2 Å². The maximum Gasteiger partial charge on any atom is 0.416 e. The Morgan fingerprint density at radius 2 is 1.94 bits per heavy atom. The van der Waals surface area contributed by atoms with E-state index in [1.165, 1.54) is 24.5 Å². The summed E-state index contributed by atoms with van der Waals surface area (Å²) in [6, 6.07) is 3.75. The molecule has 1 nitrogen and oxygen atoms in total. The highest BCUT2D eigenvalue weighted by atomic mass is 32.1. The van der Waals surface area contributed by atoms with Crippen LogP contribution >= 0.6 is 11.3 Å². The summed E-state index contributed by atoms with van der Waals surface area (Å²) in [7, 11) is 1.52. The Kier molecular flexibility index (Phi) is 2.58. The first-order valence-corrected chi connectivity index (χ1v) is 5.39. The van der Waals surface area contributed by atoms with Crippen LogP contribution in [0.1, 0.15) is 11.1 Å². The van der Waals surface area contributed by atoms with Crippen molar-refractivity contribution in [1.29, 1.82) is 0 Å². The average Bonchev–Trinajstić information content (AvgIpc) is 2.54. The minimum absolute atomic E-state index is 0.601. The lowest BCUT2D eigenvalue weighted by atomic mass is 10.1. The molecule has 0 aliphatic carbocycles. The summed E-state index contributed by atoms with van der Waals surface area (Å²) < 4.78 is 43.1. The van der Waals surface area contributed by atoms with E-state index in [2.05, 4.69) is 0 Å². The molecule has 2 rings (SSSR count). The number of halogens is 3. The lowest BCUT2D eigenvalue weighted by Gasteiger charge is -2.05. The van der Waals surface area contributed by atoms with Gasteiger partial charge in [0.25, 0.3) is 0 Å². The molecular formula is C11H9F3OS. The van der Waals surface area contributed by atoms with Crippen molar-refractivity contribution in [2.45, 2.75) is 13.1 Å². The van der Waals surface area contributed by atoms with Crippen molar-refractivity contribution in [1.82, 2.24) is 0 Å². The molecule has 0 atom stereocenters. The van der Waals surface area contributed by atoms with E-state index in [4.69, 9.17) is 4.74 Å². The van der Waals surface area contributed by atoms with Gasteiger partial charge in [0, 0.05) is 10.3 Å². The lowest BCUT2D eigenvalue weighted by Crippen LogP contribution is -2.03. The van der Waals surface area contributed by atoms with Crippen molar-refractivity contribution in [3.63, 3.8) is 0 Å². The number of methoxy groups -OCH3 is 1. The summed E-state index contributed by atoms with van der Waals surface area (Å²) >= 11 is 1.23. The second-order valence-corrected chi connectivity index (χ2v) is 4.44. The fourth-order valence-corrected chi connectivity index (χ4v) is 2.64. The SMILES string of the molecule is COc1sc2cc(C(F)(F)F)ccc2c1C. The van der Waals surface area contributed by atoms with Crippen LogP contribution in [0.4, 0.5) is 13.2 Å². The molecule has 16 heavy (non-hydrogen) atoms. The standard InChI is InChI=1S/C11H9F3OS/c1-6-8-4-3-7(11(12,13)14)5-9(8)16-10(6)15-2/h3-5H,1-2H3. The summed E-state index contributed by atoms with van der Waals surface area (Å²) in [5.74, 6) is 0. The van der Waals surface area contributed by atoms with Gasteiger partial charge < -0.3 is 4.74 Å². The van der Waals surface area contributed by atoms with Gasteiger partial charge in [0.2, 0.25) is 0 Å². The molecule has 2 aromatic rings.